The highest BCUT2D eigenvalue weighted by atomic mass is 19.4. The van der Waals surface area contributed by atoms with Crippen LogP contribution in [0.5, 0.6) is 5.88 Å². The van der Waals surface area contributed by atoms with Crippen LogP contribution in [0.2, 0.25) is 0 Å². The Morgan fingerprint density at radius 3 is 2.35 bits per heavy atom. The highest BCUT2D eigenvalue weighted by Crippen LogP contribution is 2.37. The Kier molecular flexibility index (Phi) is 3.74. The Hall–Kier alpha value is -1.20. The lowest BCUT2D eigenvalue weighted by Gasteiger charge is -2.26. The van der Waals surface area contributed by atoms with E-state index < -0.39 is 18.2 Å². The second-order valence-corrected chi connectivity index (χ2v) is 4.90. The summed E-state index contributed by atoms with van der Waals surface area (Å²) in [5.41, 5.74) is -1.88. The van der Waals surface area contributed by atoms with Gasteiger partial charge in [0, 0.05) is 18.3 Å². The average molecular weight is 250 g/mol. The van der Waals surface area contributed by atoms with E-state index in [1.165, 1.54) is 0 Å². The van der Waals surface area contributed by atoms with E-state index in [9.17, 15) is 13.2 Å². The molecule has 0 amide bonds. The zero-order valence-electron chi connectivity index (χ0n) is 10.4. The van der Waals surface area contributed by atoms with Crippen LogP contribution in [0.4, 0.5) is 13.2 Å². The van der Waals surface area contributed by atoms with E-state index >= 15 is 0 Å². The first-order valence-electron chi connectivity index (χ1n) is 5.38. The Balaban J connectivity index is 2.61. The number of halogens is 3. The molecule has 0 fully saturated rings. The summed E-state index contributed by atoms with van der Waals surface area (Å²) in [7, 11) is 0. The van der Waals surface area contributed by atoms with Gasteiger partial charge in [0.05, 0.1) is 5.41 Å². The van der Waals surface area contributed by atoms with Crippen LogP contribution in [0.25, 0.3) is 0 Å². The van der Waals surface area contributed by atoms with Gasteiger partial charge in [-0.25, -0.2) is 0 Å². The van der Waals surface area contributed by atoms with Crippen molar-refractivity contribution in [3.63, 3.8) is 0 Å². The van der Waals surface area contributed by atoms with E-state index in [2.05, 4.69) is 5.10 Å². The Morgan fingerprint density at radius 2 is 1.94 bits per heavy atom. The van der Waals surface area contributed by atoms with Crippen LogP contribution in [0.1, 0.15) is 33.7 Å². The summed E-state index contributed by atoms with van der Waals surface area (Å²) >= 11 is 0. The smallest absolute Gasteiger partial charge is 0.397 e. The third-order valence-electron chi connectivity index (χ3n) is 2.46. The van der Waals surface area contributed by atoms with Crippen LogP contribution in [0.3, 0.4) is 0 Å². The van der Waals surface area contributed by atoms with Gasteiger partial charge in [0.25, 0.3) is 0 Å². The van der Waals surface area contributed by atoms with Crippen molar-refractivity contribution in [2.75, 3.05) is 6.61 Å². The minimum absolute atomic E-state index is 0.156. The molecule has 3 nitrogen and oxygen atoms in total. The standard InChI is InChI=1S/C11H17F3N2O/c1-8(2)16-6-5-9(15-16)17-7-10(3,4)11(12,13)14/h5-6,8H,7H2,1-4H3. The molecule has 0 atom stereocenters. The van der Waals surface area contributed by atoms with Gasteiger partial charge >= 0.3 is 6.18 Å². The van der Waals surface area contributed by atoms with Crippen molar-refractivity contribution in [1.29, 1.82) is 0 Å². The maximum Gasteiger partial charge on any atom is 0.397 e. The first-order valence-corrected chi connectivity index (χ1v) is 5.38. The maximum absolute atomic E-state index is 12.6. The van der Waals surface area contributed by atoms with Gasteiger partial charge in [0.15, 0.2) is 0 Å². The van der Waals surface area contributed by atoms with Gasteiger partial charge in [0.1, 0.15) is 6.61 Å². The molecular formula is C11H17F3N2O. The van der Waals surface area contributed by atoms with Crippen LogP contribution in [-0.2, 0) is 0 Å². The topological polar surface area (TPSA) is 27.1 Å². The second-order valence-electron chi connectivity index (χ2n) is 4.90. The largest absolute Gasteiger partial charge is 0.476 e. The Bertz CT molecular complexity index is 369. The average Bonchev–Trinajstić information content (AvgIpc) is 2.61. The summed E-state index contributed by atoms with van der Waals surface area (Å²) in [6, 6.07) is 1.72. The van der Waals surface area contributed by atoms with E-state index in [0.29, 0.717) is 0 Å². The summed E-state index contributed by atoms with van der Waals surface area (Å²) in [5, 5.41) is 4.02. The van der Waals surface area contributed by atoms with E-state index in [1.807, 2.05) is 13.8 Å². The molecule has 1 heterocycles. The van der Waals surface area contributed by atoms with Crippen molar-refractivity contribution in [1.82, 2.24) is 9.78 Å². The highest BCUT2D eigenvalue weighted by molar-refractivity contribution is 5.06. The zero-order valence-corrected chi connectivity index (χ0v) is 10.4. The zero-order chi connectivity index (χ0) is 13.3. The van der Waals surface area contributed by atoms with Crippen molar-refractivity contribution in [2.24, 2.45) is 5.41 Å². The molecule has 0 bridgehead atoms. The summed E-state index contributed by atoms with van der Waals surface area (Å²) in [6.45, 7) is 5.62. The van der Waals surface area contributed by atoms with Gasteiger partial charge in [0.2, 0.25) is 5.88 Å². The molecule has 1 rings (SSSR count). The number of hydrogen-bond acceptors (Lipinski definition) is 2. The van der Waals surface area contributed by atoms with Crippen molar-refractivity contribution in [3.8, 4) is 5.88 Å². The lowest BCUT2D eigenvalue weighted by atomic mass is 9.94. The number of rotatable bonds is 4. The second kappa shape index (κ2) is 4.58. The Labute approximate surface area is 98.6 Å². The molecule has 98 valence electrons. The van der Waals surface area contributed by atoms with Crippen LogP contribution in [0.15, 0.2) is 12.3 Å². The first kappa shape index (κ1) is 13.9. The van der Waals surface area contributed by atoms with Crippen LogP contribution in [-0.4, -0.2) is 22.6 Å². The molecule has 6 heteroatoms. The molecule has 0 saturated carbocycles. The minimum Gasteiger partial charge on any atom is -0.476 e. The summed E-state index contributed by atoms with van der Waals surface area (Å²) < 4.78 is 44.4. The van der Waals surface area contributed by atoms with Gasteiger partial charge in [-0.1, -0.05) is 0 Å². The maximum atomic E-state index is 12.6. The van der Waals surface area contributed by atoms with Crippen LogP contribution in [0, 0.1) is 5.41 Å². The minimum atomic E-state index is -4.28. The number of aromatic nitrogens is 2. The van der Waals surface area contributed by atoms with E-state index in [-0.39, 0.29) is 11.9 Å². The highest BCUT2D eigenvalue weighted by Gasteiger charge is 2.48. The molecule has 0 aromatic carbocycles. The number of hydrogen-bond donors (Lipinski definition) is 0. The van der Waals surface area contributed by atoms with Gasteiger partial charge in [-0.05, 0) is 27.7 Å². The molecular weight excluding hydrogens is 233 g/mol. The lowest BCUT2D eigenvalue weighted by Crippen LogP contribution is -2.37. The lowest BCUT2D eigenvalue weighted by molar-refractivity contribution is -0.219. The SMILES string of the molecule is CC(C)n1ccc(OCC(C)(C)C(F)(F)F)n1. The molecule has 0 saturated heterocycles. The van der Waals surface area contributed by atoms with Gasteiger partial charge in [-0.15, -0.1) is 5.10 Å². The van der Waals surface area contributed by atoms with Crippen molar-refractivity contribution < 1.29 is 17.9 Å². The van der Waals surface area contributed by atoms with Gasteiger partial charge < -0.3 is 4.74 Å². The Morgan fingerprint density at radius 1 is 1.35 bits per heavy atom. The van der Waals surface area contributed by atoms with Crippen LogP contribution >= 0.6 is 0 Å². The number of ether oxygens (including phenoxy) is 1. The monoisotopic (exact) mass is 250 g/mol. The summed E-state index contributed by atoms with van der Waals surface area (Å²) in [4.78, 5) is 0. The molecule has 0 spiro atoms. The summed E-state index contributed by atoms with van der Waals surface area (Å²) in [6.07, 6.45) is -2.60. The molecule has 1 aromatic heterocycles. The molecule has 0 aliphatic carbocycles. The van der Waals surface area contributed by atoms with Gasteiger partial charge in [-0.2, -0.15) is 13.2 Å². The molecule has 17 heavy (non-hydrogen) atoms. The first-order chi connectivity index (χ1) is 7.63. The third kappa shape index (κ3) is 3.38. The molecule has 0 unspecified atom stereocenters. The molecule has 0 radical (unpaired) electrons. The predicted octanol–water partition coefficient (Wildman–Crippen LogP) is 3.43. The normalized spacial score (nSPS) is 13.2. The fraction of sp³-hybridized carbons (Fsp3) is 0.727. The summed E-state index contributed by atoms with van der Waals surface area (Å²) in [5.74, 6) is 0.219. The number of nitrogens with zero attached hydrogens (tertiary/aromatic N) is 2. The molecule has 1 aromatic rings. The van der Waals surface area contributed by atoms with Gasteiger partial charge in [-0.3, -0.25) is 4.68 Å². The van der Waals surface area contributed by atoms with E-state index in [0.717, 1.165) is 13.8 Å². The van der Waals surface area contributed by atoms with E-state index in [1.54, 1.807) is 16.9 Å². The molecule has 0 aliphatic heterocycles. The fourth-order valence-electron chi connectivity index (χ4n) is 1.02. The molecule has 0 aliphatic rings. The third-order valence-corrected chi connectivity index (χ3v) is 2.46. The van der Waals surface area contributed by atoms with Crippen molar-refractivity contribution in [2.45, 2.75) is 39.9 Å². The quantitative estimate of drug-likeness (QED) is 0.818. The van der Waals surface area contributed by atoms with Crippen molar-refractivity contribution >= 4 is 0 Å². The van der Waals surface area contributed by atoms with Crippen LogP contribution < -0.4 is 4.74 Å². The van der Waals surface area contributed by atoms with Crippen molar-refractivity contribution in [3.05, 3.63) is 12.3 Å². The fourth-order valence-corrected chi connectivity index (χ4v) is 1.02. The molecule has 0 N–H and O–H groups in total. The number of alkyl halides is 3. The van der Waals surface area contributed by atoms with E-state index in [4.69, 9.17) is 4.74 Å². The predicted molar refractivity (Wildman–Crippen MR) is 57.9 cm³/mol.